The molecule has 17 heavy (non-hydrogen) atoms. The first-order valence-electron chi connectivity index (χ1n) is 6.32. The van der Waals surface area contributed by atoms with Crippen LogP contribution >= 0.6 is 11.6 Å². The molecule has 0 bridgehead atoms. The van der Waals surface area contributed by atoms with Crippen LogP contribution in [0.25, 0.3) is 0 Å². The van der Waals surface area contributed by atoms with Crippen LogP contribution in [0, 0.1) is 0 Å². The lowest BCUT2D eigenvalue weighted by molar-refractivity contribution is 0.0347. The van der Waals surface area contributed by atoms with Crippen molar-refractivity contribution in [3.05, 3.63) is 23.4 Å². The van der Waals surface area contributed by atoms with Crippen LogP contribution < -0.4 is 5.32 Å². The zero-order chi connectivity index (χ0) is 11.9. The van der Waals surface area contributed by atoms with E-state index in [-0.39, 0.29) is 0 Å². The fraction of sp³-hybridized carbons (Fsp3) is 0.615. The van der Waals surface area contributed by atoms with Crippen LogP contribution in [0.15, 0.2) is 18.2 Å². The molecule has 0 spiro atoms. The van der Waals surface area contributed by atoms with Crippen molar-refractivity contribution in [1.29, 1.82) is 0 Å². The molecule has 4 heteroatoms. The van der Waals surface area contributed by atoms with Gasteiger partial charge in [0.05, 0.1) is 12.7 Å². The molecular weight excluding hydrogens is 236 g/mol. The van der Waals surface area contributed by atoms with Crippen LogP contribution in [-0.4, -0.2) is 24.2 Å². The van der Waals surface area contributed by atoms with E-state index in [0.29, 0.717) is 11.3 Å². The molecule has 1 aromatic heterocycles. The number of ether oxygens (including phenoxy) is 1. The molecule has 0 atom stereocenters. The lowest BCUT2D eigenvalue weighted by atomic mass is 9.98. The van der Waals surface area contributed by atoms with Gasteiger partial charge in [0.2, 0.25) is 0 Å². The summed E-state index contributed by atoms with van der Waals surface area (Å²) >= 11 is 5.80. The van der Waals surface area contributed by atoms with E-state index >= 15 is 0 Å². The maximum Gasteiger partial charge on any atom is 0.131 e. The van der Waals surface area contributed by atoms with Gasteiger partial charge in [0.15, 0.2) is 0 Å². The van der Waals surface area contributed by atoms with Crippen molar-refractivity contribution in [2.75, 3.05) is 18.5 Å². The topological polar surface area (TPSA) is 34.1 Å². The van der Waals surface area contributed by atoms with E-state index in [2.05, 4.69) is 10.3 Å². The van der Waals surface area contributed by atoms with Crippen molar-refractivity contribution >= 4 is 17.4 Å². The van der Waals surface area contributed by atoms with Crippen LogP contribution in [0.4, 0.5) is 5.82 Å². The predicted octanol–water partition coefficient (Wildman–Crippen LogP) is 3.50. The van der Waals surface area contributed by atoms with E-state index in [4.69, 9.17) is 16.3 Å². The quantitative estimate of drug-likeness (QED) is 0.645. The molecule has 0 saturated heterocycles. The van der Waals surface area contributed by atoms with E-state index < -0.39 is 0 Å². The molecule has 1 aromatic rings. The maximum atomic E-state index is 5.81. The van der Waals surface area contributed by atoms with E-state index in [0.717, 1.165) is 19.0 Å². The highest BCUT2D eigenvalue weighted by Crippen LogP contribution is 2.20. The summed E-state index contributed by atoms with van der Waals surface area (Å²) in [5.41, 5.74) is 0. The zero-order valence-corrected chi connectivity index (χ0v) is 10.7. The van der Waals surface area contributed by atoms with Gasteiger partial charge in [-0.15, -0.1) is 0 Å². The normalized spacial score (nSPS) is 17.0. The standard InChI is InChI=1S/C13H19ClN2O/c14-12-7-4-8-13(16-12)15-9-10-17-11-5-2-1-3-6-11/h4,7-8,11H,1-3,5-6,9-10H2,(H,15,16). The Morgan fingerprint density at radius 1 is 1.29 bits per heavy atom. The second kappa shape index (κ2) is 6.82. The van der Waals surface area contributed by atoms with Crippen LogP contribution in [-0.2, 0) is 4.74 Å². The predicted molar refractivity (Wildman–Crippen MR) is 70.6 cm³/mol. The molecule has 3 nitrogen and oxygen atoms in total. The van der Waals surface area contributed by atoms with Crippen LogP contribution in [0.1, 0.15) is 32.1 Å². The lowest BCUT2D eigenvalue weighted by Gasteiger charge is -2.22. The fourth-order valence-electron chi connectivity index (χ4n) is 2.14. The fourth-order valence-corrected chi connectivity index (χ4v) is 2.31. The Balaban J connectivity index is 1.62. The molecule has 1 saturated carbocycles. The Labute approximate surface area is 108 Å². The van der Waals surface area contributed by atoms with E-state index in [1.165, 1.54) is 32.1 Å². The molecule has 1 aliphatic carbocycles. The third kappa shape index (κ3) is 4.52. The number of rotatable bonds is 5. The Kier molecular flexibility index (Phi) is 5.08. The third-order valence-electron chi connectivity index (χ3n) is 3.03. The summed E-state index contributed by atoms with van der Waals surface area (Å²) in [7, 11) is 0. The summed E-state index contributed by atoms with van der Waals surface area (Å²) in [5, 5.41) is 3.72. The highest BCUT2D eigenvalue weighted by Gasteiger charge is 2.12. The molecular formula is C13H19ClN2O. The van der Waals surface area contributed by atoms with Gasteiger partial charge in [-0.05, 0) is 25.0 Å². The summed E-state index contributed by atoms with van der Waals surface area (Å²) in [5.74, 6) is 0.810. The minimum absolute atomic E-state index is 0.470. The van der Waals surface area contributed by atoms with Gasteiger partial charge < -0.3 is 10.1 Å². The zero-order valence-electron chi connectivity index (χ0n) is 9.99. The molecule has 94 valence electrons. The molecule has 0 aliphatic heterocycles. The van der Waals surface area contributed by atoms with Crippen molar-refractivity contribution in [2.45, 2.75) is 38.2 Å². The van der Waals surface area contributed by atoms with Gasteiger partial charge in [0.1, 0.15) is 11.0 Å². The van der Waals surface area contributed by atoms with Crippen LogP contribution in [0.5, 0.6) is 0 Å². The smallest absolute Gasteiger partial charge is 0.131 e. The average molecular weight is 255 g/mol. The summed E-state index contributed by atoms with van der Waals surface area (Å²) in [6.07, 6.45) is 6.90. The highest BCUT2D eigenvalue weighted by molar-refractivity contribution is 6.29. The van der Waals surface area contributed by atoms with Crippen LogP contribution in [0.2, 0.25) is 5.15 Å². The molecule has 0 radical (unpaired) electrons. The van der Waals surface area contributed by atoms with Crippen molar-refractivity contribution < 1.29 is 4.74 Å². The lowest BCUT2D eigenvalue weighted by Crippen LogP contribution is -2.20. The van der Waals surface area contributed by atoms with E-state index in [1.807, 2.05) is 12.1 Å². The van der Waals surface area contributed by atoms with E-state index in [1.54, 1.807) is 6.07 Å². The Morgan fingerprint density at radius 3 is 2.88 bits per heavy atom. The number of aromatic nitrogens is 1. The monoisotopic (exact) mass is 254 g/mol. The molecule has 1 aliphatic rings. The molecule has 2 rings (SSSR count). The highest BCUT2D eigenvalue weighted by atomic mass is 35.5. The second-order valence-corrected chi connectivity index (χ2v) is 4.79. The van der Waals surface area contributed by atoms with Gasteiger partial charge in [-0.25, -0.2) is 4.98 Å². The summed E-state index contributed by atoms with van der Waals surface area (Å²) in [4.78, 5) is 4.16. The van der Waals surface area contributed by atoms with Crippen LogP contribution in [0.3, 0.4) is 0 Å². The first-order valence-corrected chi connectivity index (χ1v) is 6.70. The molecule has 1 heterocycles. The average Bonchev–Trinajstić information content (AvgIpc) is 2.36. The maximum absolute atomic E-state index is 5.81. The molecule has 0 amide bonds. The van der Waals surface area contributed by atoms with Gasteiger partial charge >= 0.3 is 0 Å². The van der Waals surface area contributed by atoms with Crippen molar-refractivity contribution in [2.24, 2.45) is 0 Å². The molecule has 1 fully saturated rings. The van der Waals surface area contributed by atoms with Crippen molar-refractivity contribution in [3.63, 3.8) is 0 Å². The van der Waals surface area contributed by atoms with Gasteiger partial charge in [-0.3, -0.25) is 0 Å². The first kappa shape index (κ1) is 12.7. The Bertz CT molecular complexity index is 340. The number of hydrogen-bond acceptors (Lipinski definition) is 3. The molecule has 1 N–H and O–H groups in total. The van der Waals surface area contributed by atoms with Gasteiger partial charge in [-0.1, -0.05) is 36.9 Å². The van der Waals surface area contributed by atoms with Crippen molar-refractivity contribution in [1.82, 2.24) is 4.98 Å². The van der Waals surface area contributed by atoms with Gasteiger partial charge in [0, 0.05) is 6.54 Å². The van der Waals surface area contributed by atoms with Gasteiger partial charge in [0.25, 0.3) is 0 Å². The summed E-state index contributed by atoms with van der Waals surface area (Å²) in [6.45, 7) is 1.52. The second-order valence-electron chi connectivity index (χ2n) is 4.40. The summed E-state index contributed by atoms with van der Waals surface area (Å²) in [6, 6.07) is 5.57. The number of nitrogens with one attached hydrogen (secondary N) is 1. The van der Waals surface area contributed by atoms with Crippen molar-refractivity contribution in [3.8, 4) is 0 Å². The number of pyridine rings is 1. The molecule has 0 unspecified atom stereocenters. The summed E-state index contributed by atoms with van der Waals surface area (Å²) < 4.78 is 5.81. The number of anilines is 1. The Morgan fingerprint density at radius 2 is 2.12 bits per heavy atom. The number of nitrogens with zero attached hydrogens (tertiary/aromatic N) is 1. The number of halogens is 1. The molecule has 0 aromatic carbocycles. The minimum Gasteiger partial charge on any atom is -0.376 e. The van der Waals surface area contributed by atoms with E-state index in [9.17, 15) is 0 Å². The SMILES string of the molecule is Clc1cccc(NCCOC2CCCCC2)n1. The largest absolute Gasteiger partial charge is 0.376 e. The minimum atomic E-state index is 0.470. The third-order valence-corrected chi connectivity index (χ3v) is 3.24. The number of hydrogen-bond donors (Lipinski definition) is 1. The van der Waals surface area contributed by atoms with Gasteiger partial charge in [-0.2, -0.15) is 0 Å². The first-order chi connectivity index (χ1) is 8.34. The Hall–Kier alpha value is -0.800.